The molecule has 8 heteroatoms. The minimum Gasteiger partial charge on any atom is -0.507 e. The number of amides is 1. The highest BCUT2D eigenvalue weighted by Crippen LogP contribution is 2.42. The van der Waals surface area contributed by atoms with Crippen LogP contribution in [-0.2, 0) is 9.59 Å². The first kappa shape index (κ1) is 27.1. The number of carbonyl (C=O) groups excluding carboxylic acids is 2. The van der Waals surface area contributed by atoms with Gasteiger partial charge in [0, 0.05) is 12.1 Å². The largest absolute Gasteiger partial charge is 0.507 e. The molecule has 2 aromatic carbocycles. The van der Waals surface area contributed by atoms with Gasteiger partial charge in [-0.1, -0.05) is 32.0 Å². The van der Waals surface area contributed by atoms with Gasteiger partial charge in [0.1, 0.15) is 11.5 Å². The number of benzene rings is 2. The van der Waals surface area contributed by atoms with Crippen molar-refractivity contribution in [2.24, 2.45) is 0 Å². The maximum atomic E-state index is 13.3. The number of aliphatic hydroxyl groups is 1. The molecule has 1 aliphatic rings. The van der Waals surface area contributed by atoms with E-state index < -0.39 is 17.7 Å². The Morgan fingerprint density at radius 3 is 2.39 bits per heavy atom. The molecule has 36 heavy (non-hydrogen) atoms. The Kier molecular flexibility index (Phi) is 9.36. The van der Waals surface area contributed by atoms with Crippen molar-refractivity contribution in [1.82, 2.24) is 9.80 Å². The lowest BCUT2D eigenvalue weighted by atomic mass is 9.95. The van der Waals surface area contributed by atoms with Gasteiger partial charge < -0.3 is 29.5 Å². The third-order valence-electron chi connectivity index (χ3n) is 6.33. The fourth-order valence-electron chi connectivity index (χ4n) is 4.49. The predicted octanol–water partition coefficient (Wildman–Crippen LogP) is 4.34. The van der Waals surface area contributed by atoms with Crippen LogP contribution < -0.4 is 9.47 Å². The monoisotopic (exact) mass is 496 g/mol. The first-order chi connectivity index (χ1) is 17.4. The third-order valence-corrected chi connectivity index (χ3v) is 6.33. The number of ether oxygens (including phenoxy) is 2. The number of hydrogen-bond acceptors (Lipinski definition) is 7. The van der Waals surface area contributed by atoms with Crippen molar-refractivity contribution >= 4 is 17.4 Å². The molecule has 1 saturated heterocycles. The number of aromatic hydroxyl groups is 1. The fourth-order valence-corrected chi connectivity index (χ4v) is 4.49. The molecule has 2 N–H and O–H groups in total. The van der Waals surface area contributed by atoms with Crippen LogP contribution in [0.25, 0.3) is 5.76 Å². The normalized spacial score (nSPS) is 17.1. The van der Waals surface area contributed by atoms with Crippen LogP contribution in [0.15, 0.2) is 48.0 Å². The number of hydrogen-bond donors (Lipinski definition) is 2. The van der Waals surface area contributed by atoms with Crippen molar-refractivity contribution in [3.8, 4) is 17.2 Å². The van der Waals surface area contributed by atoms with Crippen LogP contribution in [0.2, 0.25) is 0 Å². The number of ketones is 1. The zero-order chi connectivity index (χ0) is 26.2. The van der Waals surface area contributed by atoms with Gasteiger partial charge >= 0.3 is 0 Å². The van der Waals surface area contributed by atoms with Crippen molar-refractivity contribution in [3.63, 3.8) is 0 Å². The Labute approximate surface area is 212 Å². The summed E-state index contributed by atoms with van der Waals surface area (Å²) in [5.41, 5.74) is 0.960. The fraction of sp³-hybridized carbons (Fsp3) is 0.429. The lowest BCUT2D eigenvalue weighted by Crippen LogP contribution is -2.33. The Balaban J connectivity index is 2.09. The van der Waals surface area contributed by atoms with Crippen molar-refractivity contribution < 1.29 is 29.3 Å². The second kappa shape index (κ2) is 12.4. The summed E-state index contributed by atoms with van der Waals surface area (Å²) < 4.78 is 11.1. The number of rotatable bonds is 12. The maximum absolute atomic E-state index is 13.3. The van der Waals surface area contributed by atoms with Crippen LogP contribution in [0, 0.1) is 0 Å². The van der Waals surface area contributed by atoms with Crippen LogP contribution in [0.1, 0.15) is 51.3 Å². The van der Waals surface area contributed by atoms with E-state index in [0.29, 0.717) is 43.1 Å². The zero-order valence-electron chi connectivity index (χ0n) is 21.5. The second-order valence-electron chi connectivity index (χ2n) is 8.49. The van der Waals surface area contributed by atoms with Crippen LogP contribution in [0.3, 0.4) is 0 Å². The van der Waals surface area contributed by atoms with E-state index in [1.807, 2.05) is 6.92 Å². The average molecular weight is 497 g/mol. The van der Waals surface area contributed by atoms with E-state index in [1.54, 1.807) is 43.3 Å². The number of phenolic OH excluding ortho intramolecular Hbond substituents is 1. The van der Waals surface area contributed by atoms with E-state index in [9.17, 15) is 19.8 Å². The highest BCUT2D eigenvalue weighted by atomic mass is 16.5. The molecular formula is C28H36N2O6. The van der Waals surface area contributed by atoms with Gasteiger partial charge in [-0.3, -0.25) is 9.59 Å². The van der Waals surface area contributed by atoms with Crippen molar-refractivity contribution in [3.05, 3.63) is 59.2 Å². The molecule has 1 fully saturated rings. The Morgan fingerprint density at radius 1 is 1.00 bits per heavy atom. The van der Waals surface area contributed by atoms with Crippen LogP contribution in [0.4, 0.5) is 0 Å². The van der Waals surface area contributed by atoms with Crippen molar-refractivity contribution in [1.29, 1.82) is 0 Å². The van der Waals surface area contributed by atoms with E-state index in [1.165, 1.54) is 11.0 Å². The van der Waals surface area contributed by atoms with Crippen LogP contribution >= 0.6 is 0 Å². The van der Waals surface area contributed by atoms with E-state index >= 15 is 0 Å². The molecule has 1 heterocycles. The molecule has 1 unspecified atom stereocenters. The minimum atomic E-state index is -0.822. The van der Waals surface area contributed by atoms with E-state index in [-0.39, 0.29) is 22.8 Å². The van der Waals surface area contributed by atoms with Gasteiger partial charge in [0.15, 0.2) is 11.5 Å². The first-order valence-corrected chi connectivity index (χ1v) is 12.6. The van der Waals surface area contributed by atoms with Gasteiger partial charge in [0.25, 0.3) is 11.7 Å². The molecule has 0 aliphatic carbocycles. The smallest absolute Gasteiger partial charge is 0.295 e. The summed E-state index contributed by atoms with van der Waals surface area (Å²) in [6.07, 6.45) is 0.668. The SMILES string of the molecule is CCOc1cccc(C(O)=C2C(=O)C(=O)N(CCCN(CC)CC)C2c2ccc(O)c(OCC)c2)c1. The van der Waals surface area contributed by atoms with E-state index in [4.69, 9.17) is 9.47 Å². The topological polar surface area (TPSA) is 99.5 Å². The van der Waals surface area contributed by atoms with Gasteiger partial charge in [0.2, 0.25) is 0 Å². The molecule has 2 aromatic rings. The summed E-state index contributed by atoms with van der Waals surface area (Å²) in [4.78, 5) is 30.2. The molecule has 0 aromatic heterocycles. The Bertz CT molecular complexity index is 1110. The quantitative estimate of drug-likeness (QED) is 0.256. The van der Waals surface area contributed by atoms with Crippen molar-refractivity contribution in [2.75, 3.05) is 39.4 Å². The Morgan fingerprint density at radius 2 is 1.72 bits per heavy atom. The lowest BCUT2D eigenvalue weighted by molar-refractivity contribution is -0.140. The zero-order valence-corrected chi connectivity index (χ0v) is 21.5. The van der Waals surface area contributed by atoms with E-state index in [2.05, 4.69) is 18.7 Å². The molecule has 0 saturated carbocycles. The molecule has 8 nitrogen and oxygen atoms in total. The molecule has 1 atom stereocenters. The molecule has 194 valence electrons. The average Bonchev–Trinajstić information content (AvgIpc) is 3.13. The van der Waals surface area contributed by atoms with E-state index in [0.717, 1.165) is 19.6 Å². The van der Waals surface area contributed by atoms with Crippen LogP contribution in [0.5, 0.6) is 17.2 Å². The van der Waals surface area contributed by atoms with Crippen LogP contribution in [-0.4, -0.2) is 71.1 Å². The highest BCUT2D eigenvalue weighted by Gasteiger charge is 2.46. The van der Waals surface area contributed by atoms with Gasteiger partial charge in [-0.2, -0.15) is 0 Å². The van der Waals surface area contributed by atoms with Gasteiger partial charge in [-0.05, 0) is 69.7 Å². The van der Waals surface area contributed by atoms with Gasteiger partial charge in [0.05, 0.1) is 24.8 Å². The summed E-state index contributed by atoms with van der Waals surface area (Å²) >= 11 is 0. The molecule has 3 rings (SSSR count). The minimum absolute atomic E-state index is 0.00428. The number of likely N-dealkylation sites (tertiary alicyclic amines) is 1. The number of Topliss-reactive ketones (excluding diaryl/α,β-unsaturated/α-hetero) is 1. The Hall–Kier alpha value is -3.52. The predicted molar refractivity (Wildman–Crippen MR) is 138 cm³/mol. The van der Waals surface area contributed by atoms with Gasteiger partial charge in [-0.25, -0.2) is 0 Å². The molecule has 0 bridgehead atoms. The summed E-state index contributed by atoms with van der Waals surface area (Å²) in [5, 5.41) is 21.5. The summed E-state index contributed by atoms with van der Waals surface area (Å²) in [7, 11) is 0. The molecular weight excluding hydrogens is 460 g/mol. The molecule has 0 spiro atoms. The molecule has 0 radical (unpaired) electrons. The van der Waals surface area contributed by atoms with Crippen molar-refractivity contribution in [2.45, 2.75) is 40.2 Å². The lowest BCUT2D eigenvalue weighted by Gasteiger charge is -2.27. The number of aliphatic hydroxyl groups excluding tert-OH is 1. The number of phenols is 1. The highest BCUT2D eigenvalue weighted by molar-refractivity contribution is 6.46. The summed E-state index contributed by atoms with van der Waals surface area (Å²) in [6.45, 7) is 11.5. The number of carbonyl (C=O) groups is 2. The maximum Gasteiger partial charge on any atom is 0.295 e. The number of nitrogens with zero attached hydrogens (tertiary/aromatic N) is 2. The second-order valence-corrected chi connectivity index (χ2v) is 8.49. The summed E-state index contributed by atoms with van der Waals surface area (Å²) in [5.74, 6) is -0.904. The standard InChI is InChI=1S/C28H36N2O6/c1-5-29(6-2)15-10-16-30-25(19-13-14-22(31)23(18-19)36-8-4)24(27(33)28(30)34)26(32)20-11-9-12-21(17-20)35-7-3/h9,11-14,17-18,25,31-32H,5-8,10,15-16H2,1-4H3. The van der Waals surface area contributed by atoms with Gasteiger partial charge in [-0.15, -0.1) is 0 Å². The first-order valence-electron chi connectivity index (χ1n) is 12.6. The summed E-state index contributed by atoms with van der Waals surface area (Å²) in [6, 6.07) is 10.7. The molecule has 1 amide bonds. The third kappa shape index (κ3) is 5.82. The molecule has 1 aliphatic heterocycles.